The third-order valence-corrected chi connectivity index (χ3v) is 3.86. The van der Waals surface area contributed by atoms with Gasteiger partial charge in [0.05, 0.1) is 5.92 Å². The lowest BCUT2D eigenvalue weighted by molar-refractivity contribution is -0.121. The van der Waals surface area contributed by atoms with Gasteiger partial charge in [0.1, 0.15) is 0 Å². The molecule has 2 aromatic rings. The van der Waals surface area contributed by atoms with E-state index in [4.69, 9.17) is 11.1 Å². The van der Waals surface area contributed by atoms with Gasteiger partial charge in [-0.3, -0.25) is 15.5 Å². The highest BCUT2D eigenvalue weighted by Crippen LogP contribution is 2.23. The summed E-state index contributed by atoms with van der Waals surface area (Å²) in [5, 5.41) is 9.69. The van der Waals surface area contributed by atoms with Crippen LogP contribution in [0.3, 0.4) is 0 Å². The maximum atomic E-state index is 12.4. The normalized spacial score (nSPS) is 12.0. The predicted octanol–water partition coefficient (Wildman–Crippen LogP) is 3.15. The van der Waals surface area contributed by atoms with E-state index in [-0.39, 0.29) is 17.8 Å². The first-order chi connectivity index (χ1) is 11.0. The van der Waals surface area contributed by atoms with Crippen molar-refractivity contribution >= 4 is 11.9 Å². The summed E-state index contributed by atoms with van der Waals surface area (Å²) in [5.74, 6) is -0.470. The summed E-state index contributed by atoms with van der Waals surface area (Å²) >= 11 is 0. The molecule has 1 unspecified atom stereocenters. The molecule has 23 heavy (non-hydrogen) atoms. The van der Waals surface area contributed by atoms with E-state index < -0.39 is 0 Å². The van der Waals surface area contributed by atoms with Crippen molar-refractivity contribution in [3.63, 3.8) is 0 Å². The lowest BCUT2D eigenvalue weighted by atomic mass is 9.90. The number of hydrogen-bond acceptors (Lipinski definition) is 2. The van der Waals surface area contributed by atoms with Gasteiger partial charge in [0, 0.05) is 0 Å². The molecule has 0 aliphatic heterocycles. The fourth-order valence-corrected chi connectivity index (χ4v) is 2.54. The van der Waals surface area contributed by atoms with E-state index in [1.807, 2.05) is 30.3 Å². The fourth-order valence-electron chi connectivity index (χ4n) is 2.54. The van der Waals surface area contributed by atoms with Crippen molar-refractivity contribution < 1.29 is 4.79 Å². The summed E-state index contributed by atoms with van der Waals surface area (Å²) in [6.45, 7) is 4.31. The molecule has 2 rings (SSSR count). The van der Waals surface area contributed by atoms with E-state index >= 15 is 0 Å². The lowest BCUT2D eigenvalue weighted by Gasteiger charge is -2.17. The summed E-state index contributed by atoms with van der Waals surface area (Å²) in [6.07, 6.45) is 0.571. The number of rotatable bonds is 5. The second kappa shape index (κ2) is 7.58. The van der Waals surface area contributed by atoms with E-state index in [9.17, 15) is 4.79 Å². The molecule has 0 heterocycles. The van der Waals surface area contributed by atoms with E-state index in [1.54, 1.807) is 0 Å². The number of carbonyl (C=O) groups is 1. The highest BCUT2D eigenvalue weighted by Gasteiger charge is 2.21. The molecule has 0 saturated heterocycles. The Hall–Kier alpha value is -2.62. The fraction of sp³-hybridized carbons (Fsp3) is 0.263. The largest absolute Gasteiger partial charge is 0.370 e. The van der Waals surface area contributed by atoms with Gasteiger partial charge < -0.3 is 5.73 Å². The Labute approximate surface area is 137 Å². The van der Waals surface area contributed by atoms with Crippen LogP contribution in [0.2, 0.25) is 0 Å². The molecule has 120 valence electrons. The molecule has 2 aromatic carbocycles. The number of nitrogens with two attached hydrogens (primary N) is 1. The number of benzene rings is 2. The Balaban J connectivity index is 2.23. The monoisotopic (exact) mass is 309 g/mol. The minimum atomic E-state index is -0.370. The molecule has 0 aromatic heterocycles. The molecular weight excluding hydrogens is 286 g/mol. The van der Waals surface area contributed by atoms with Gasteiger partial charge in [-0.1, -0.05) is 68.4 Å². The van der Waals surface area contributed by atoms with Gasteiger partial charge in [-0.05, 0) is 29.0 Å². The first-order valence-corrected chi connectivity index (χ1v) is 7.76. The smallest absolute Gasteiger partial charge is 0.234 e. The predicted molar refractivity (Wildman–Crippen MR) is 93.5 cm³/mol. The third kappa shape index (κ3) is 4.68. The number of amides is 1. The van der Waals surface area contributed by atoms with Crippen LogP contribution in [0, 0.1) is 5.41 Å². The van der Waals surface area contributed by atoms with E-state index in [2.05, 4.69) is 43.4 Å². The summed E-state index contributed by atoms with van der Waals surface area (Å²) in [6, 6.07) is 17.9. The van der Waals surface area contributed by atoms with Crippen LogP contribution in [0.15, 0.2) is 54.6 Å². The van der Waals surface area contributed by atoms with Gasteiger partial charge in [-0.15, -0.1) is 0 Å². The molecule has 0 aliphatic carbocycles. The molecule has 4 N–H and O–H groups in total. The Morgan fingerprint density at radius 2 is 1.65 bits per heavy atom. The molecule has 1 amide bonds. The molecule has 4 nitrogen and oxygen atoms in total. The van der Waals surface area contributed by atoms with Gasteiger partial charge in [0.25, 0.3) is 0 Å². The lowest BCUT2D eigenvalue weighted by Crippen LogP contribution is -2.39. The third-order valence-electron chi connectivity index (χ3n) is 3.86. The quantitative estimate of drug-likeness (QED) is 0.586. The van der Waals surface area contributed by atoms with Gasteiger partial charge in [-0.2, -0.15) is 0 Å². The first kappa shape index (κ1) is 16.7. The van der Waals surface area contributed by atoms with Crippen LogP contribution in [-0.4, -0.2) is 11.9 Å². The van der Waals surface area contributed by atoms with Crippen molar-refractivity contribution in [1.82, 2.24) is 5.32 Å². The topological polar surface area (TPSA) is 79.0 Å². The highest BCUT2D eigenvalue weighted by atomic mass is 16.2. The van der Waals surface area contributed by atoms with Crippen LogP contribution in [0.4, 0.5) is 0 Å². The first-order valence-electron chi connectivity index (χ1n) is 7.76. The van der Waals surface area contributed by atoms with Gasteiger partial charge in [-0.25, -0.2) is 0 Å². The molecule has 0 spiro atoms. The number of nitrogens with one attached hydrogen (secondary N) is 2. The van der Waals surface area contributed by atoms with Crippen molar-refractivity contribution in [1.29, 1.82) is 5.41 Å². The zero-order valence-electron chi connectivity index (χ0n) is 13.5. The SMILES string of the molecule is CC(C)c1ccc(CC(C(=O)NC(=N)N)c2ccccc2)cc1. The summed E-state index contributed by atoms with van der Waals surface area (Å²) in [5.41, 5.74) is 8.58. The molecule has 1 atom stereocenters. The summed E-state index contributed by atoms with van der Waals surface area (Å²) in [7, 11) is 0. The second-order valence-corrected chi connectivity index (χ2v) is 5.97. The maximum Gasteiger partial charge on any atom is 0.234 e. The second-order valence-electron chi connectivity index (χ2n) is 5.97. The molecular formula is C19H23N3O. The molecule has 0 bridgehead atoms. The van der Waals surface area contributed by atoms with Crippen molar-refractivity contribution in [3.05, 3.63) is 71.3 Å². The zero-order chi connectivity index (χ0) is 16.8. The van der Waals surface area contributed by atoms with Crippen LogP contribution in [0.1, 0.15) is 42.4 Å². The molecule has 4 heteroatoms. The van der Waals surface area contributed by atoms with Crippen molar-refractivity contribution in [2.45, 2.75) is 32.1 Å². The molecule has 0 saturated carbocycles. The highest BCUT2D eigenvalue weighted by molar-refractivity contribution is 5.98. The minimum absolute atomic E-state index is 0.253. The molecule has 0 fully saturated rings. The molecule has 0 aliphatic rings. The van der Waals surface area contributed by atoms with E-state index in [1.165, 1.54) is 5.56 Å². The standard InChI is InChI=1S/C19H23N3O/c1-13(2)15-10-8-14(9-11-15)12-17(18(23)22-19(20)21)16-6-4-3-5-7-16/h3-11,13,17H,12H2,1-2H3,(H4,20,21,22,23). The van der Waals surface area contributed by atoms with Crippen molar-refractivity contribution in [3.8, 4) is 0 Å². The minimum Gasteiger partial charge on any atom is -0.370 e. The average Bonchev–Trinajstić information content (AvgIpc) is 2.53. The average molecular weight is 309 g/mol. The van der Waals surface area contributed by atoms with Crippen LogP contribution in [-0.2, 0) is 11.2 Å². The van der Waals surface area contributed by atoms with Crippen LogP contribution in [0.5, 0.6) is 0 Å². The Morgan fingerprint density at radius 1 is 1.04 bits per heavy atom. The van der Waals surface area contributed by atoms with Gasteiger partial charge in [0.15, 0.2) is 5.96 Å². The number of carbonyl (C=O) groups excluding carboxylic acids is 1. The Bertz CT molecular complexity index is 663. The number of guanidine groups is 1. The Morgan fingerprint density at radius 3 is 2.17 bits per heavy atom. The molecule has 0 radical (unpaired) electrons. The summed E-state index contributed by atoms with van der Waals surface area (Å²) in [4.78, 5) is 12.4. The van der Waals surface area contributed by atoms with Gasteiger partial charge in [0.2, 0.25) is 5.91 Å². The zero-order valence-corrected chi connectivity index (χ0v) is 13.5. The van der Waals surface area contributed by atoms with Crippen LogP contribution in [0.25, 0.3) is 0 Å². The van der Waals surface area contributed by atoms with Crippen molar-refractivity contribution in [2.75, 3.05) is 0 Å². The van der Waals surface area contributed by atoms with Crippen LogP contribution < -0.4 is 11.1 Å². The van der Waals surface area contributed by atoms with Crippen molar-refractivity contribution in [2.24, 2.45) is 5.73 Å². The van der Waals surface area contributed by atoms with Crippen LogP contribution >= 0.6 is 0 Å². The van der Waals surface area contributed by atoms with E-state index in [0.29, 0.717) is 12.3 Å². The maximum absolute atomic E-state index is 12.4. The number of hydrogen-bond donors (Lipinski definition) is 3. The Kier molecular flexibility index (Phi) is 5.52. The van der Waals surface area contributed by atoms with E-state index in [0.717, 1.165) is 11.1 Å². The van der Waals surface area contributed by atoms with Gasteiger partial charge >= 0.3 is 0 Å². The summed E-state index contributed by atoms with van der Waals surface area (Å²) < 4.78 is 0.